The highest BCUT2D eigenvalue weighted by Crippen LogP contribution is 2.37. The molecule has 0 unspecified atom stereocenters. The maximum atomic E-state index is 13.7. The molecule has 6 nitrogen and oxygen atoms in total. The van der Waals surface area contributed by atoms with Gasteiger partial charge in [0.1, 0.15) is 5.75 Å². The van der Waals surface area contributed by atoms with Crippen LogP contribution in [-0.2, 0) is 16.3 Å². The Labute approximate surface area is 226 Å². The fraction of sp³-hybridized carbons (Fsp3) is 0.276. The van der Waals surface area contributed by atoms with Gasteiger partial charge in [-0.15, -0.1) is 0 Å². The van der Waals surface area contributed by atoms with Gasteiger partial charge >= 0.3 is 0 Å². The molecule has 1 aliphatic rings. The minimum atomic E-state index is -3.89. The highest BCUT2D eigenvalue weighted by Gasteiger charge is 2.33. The van der Waals surface area contributed by atoms with Gasteiger partial charge in [-0.25, -0.2) is 8.42 Å². The molecule has 0 atom stereocenters. The predicted octanol–water partition coefficient (Wildman–Crippen LogP) is 6.79. The van der Waals surface area contributed by atoms with Crippen LogP contribution < -0.4 is 9.64 Å². The molecule has 5 rings (SSSR count). The van der Waals surface area contributed by atoms with Crippen LogP contribution in [0.4, 0.5) is 5.88 Å². The van der Waals surface area contributed by atoms with Crippen LogP contribution in [0.15, 0.2) is 97.7 Å². The Kier molecular flexibility index (Phi) is 7.67. The standard InChI is InChI=1S/C29H29BrN2O4S/c1-2-35-25-12-8-23(9-13-25)27-31-28(37(33,34)26-14-10-24(30)11-15-26)29(36-27)32-18-16-22(17-19-32)20-21-6-4-3-5-7-21/h3-15,22H,2,16-20H2,1H3. The lowest BCUT2D eigenvalue weighted by Gasteiger charge is -2.32. The Morgan fingerprint density at radius 2 is 1.65 bits per heavy atom. The first-order valence-corrected chi connectivity index (χ1v) is 14.7. The van der Waals surface area contributed by atoms with Crippen molar-refractivity contribution in [3.8, 4) is 17.2 Å². The van der Waals surface area contributed by atoms with Crippen LogP contribution in [-0.4, -0.2) is 33.1 Å². The van der Waals surface area contributed by atoms with Gasteiger partial charge in [0.15, 0.2) is 0 Å². The molecule has 1 aromatic heterocycles. The summed E-state index contributed by atoms with van der Waals surface area (Å²) in [5, 5.41) is -0.0415. The smallest absolute Gasteiger partial charge is 0.236 e. The zero-order chi connectivity index (χ0) is 25.8. The molecular weight excluding hydrogens is 552 g/mol. The van der Waals surface area contributed by atoms with Gasteiger partial charge < -0.3 is 14.1 Å². The Morgan fingerprint density at radius 1 is 0.973 bits per heavy atom. The summed E-state index contributed by atoms with van der Waals surface area (Å²) in [4.78, 5) is 6.75. The van der Waals surface area contributed by atoms with Gasteiger partial charge in [-0.05, 0) is 86.2 Å². The van der Waals surface area contributed by atoms with Crippen molar-refractivity contribution in [1.82, 2.24) is 4.98 Å². The first-order valence-electron chi connectivity index (χ1n) is 12.5. The maximum absolute atomic E-state index is 13.7. The van der Waals surface area contributed by atoms with Crippen LogP contribution in [0.5, 0.6) is 5.75 Å². The first kappa shape index (κ1) is 25.5. The molecular formula is C29H29BrN2O4S. The largest absolute Gasteiger partial charge is 0.494 e. The molecule has 0 bridgehead atoms. The number of halogens is 1. The van der Waals surface area contributed by atoms with E-state index in [0.29, 0.717) is 37.1 Å². The summed E-state index contributed by atoms with van der Waals surface area (Å²) < 4.78 is 40.0. The number of hydrogen-bond donors (Lipinski definition) is 0. The molecule has 0 spiro atoms. The van der Waals surface area contributed by atoms with Gasteiger partial charge in [0.2, 0.25) is 26.6 Å². The summed E-state index contributed by atoms with van der Waals surface area (Å²) in [5.41, 5.74) is 2.03. The molecule has 37 heavy (non-hydrogen) atoms. The van der Waals surface area contributed by atoms with E-state index in [4.69, 9.17) is 9.15 Å². The molecule has 1 saturated heterocycles. The molecule has 1 aliphatic heterocycles. The Hall–Kier alpha value is -3.10. The van der Waals surface area contributed by atoms with E-state index in [9.17, 15) is 8.42 Å². The van der Waals surface area contributed by atoms with Crippen molar-refractivity contribution in [2.45, 2.75) is 36.1 Å². The highest BCUT2D eigenvalue weighted by atomic mass is 79.9. The number of rotatable bonds is 8. The number of sulfone groups is 1. The van der Waals surface area contributed by atoms with E-state index >= 15 is 0 Å². The molecule has 0 aliphatic carbocycles. The average Bonchev–Trinajstić information content (AvgIpc) is 3.37. The second-order valence-corrected chi connectivity index (χ2v) is 11.9. The highest BCUT2D eigenvalue weighted by molar-refractivity contribution is 9.10. The number of hydrogen-bond acceptors (Lipinski definition) is 6. The molecule has 0 radical (unpaired) electrons. The van der Waals surface area contributed by atoms with Crippen molar-refractivity contribution >= 4 is 31.7 Å². The SMILES string of the molecule is CCOc1ccc(-c2nc(S(=O)(=O)c3ccc(Br)cc3)c(N3CCC(Cc4ccccc4)CC3)o2)cc1. The van der Waals surface area contributed by atoms with E-state index < -0.39 is 9.84 Å². The molecule has 192 valence electrons. The maximum Gasteiger partial charge on any atom is 0.236 e. The molecule has 0 saturated carbocycles. The molecule has 0 amide bonds. The van der Waals surface area contributed by atoms with E-state index in [1.165, 1.54) is 5.56 Å². The van der Waals surface area contributed by atoms with Crippen LogP contribution in [0.1, 0.15) is 25.3 Å². The van der Waals surface area contributed by atoms with Gasteiger partial charge in [-0.1, -0.05) is 46.3 Å². The topological polar surface area (TPSA) is 72.6 Å². The van der Waals surface area contributed by atoms with Gasteiger partial charge in [0.25, 0.3) is 0 Å². The lowest BCUT2D eigenvalue weighted by atomic mass is 9.90. The monoisotopic (exact) mass is 580 g/mol. The van der Waals surface area contributed by atoms with Crippen LogP contribution in [0.25, 0.3) is 11.5 Å². The number of benzene rings is 3. The van der Waals surface area contributed by atoms with Crippen molar-refractivity contribution in [1.29, 1.82) is 0 Å². The summed E-state index contributed by atoms with van der Waals surface area (Å²) in [7, 11) is -3.89. The van der Waals surface area contributed by atoms with Crippen LogP contribution in [0.2, 0.25) is 0 Å². The molecule has 1 fully saturated rings. The Bertz CT molecular complexity index is 1430. The Morgan fingerprint density at radius 3 is 2.30 bits per heavy atom. The molecule has 3 aromatic carbocycles. The molecule has 8 heteroatoms. The number of oxazole rings is 1. The molecule has 0 N–H and O–H groups in total. The summed E-state index contributed by atoms with van der Waals surface area (Å²) in [6, 6.07) is 24.4. The third-order valence-corrected chi connectivity index (χ3v) is 8.84. The quantitative estimate of drug-likeness (QED) is 0.228. The third kappa shape index (κ3) is 5.75. The van der Waals surface area contributed by atoms with Crippen LogP contribution in [0.3, 0.4) is 0 Å². The van der Waals surface area contributed by atoms with Gasteiger partial charge in [0, 0.05) is 23.1 Å². The van der Waals surface area contributed by atoms with Crippen LogP contribution in [0, 0.1) is 5.92 Å². The second kappa shape index (κ2) is 11.1. The van der Waals surface area contributed by atoms with E-state index in [1.807, 2.05) is 42.2 Å². The van der Waals surface area contributed by atoms with Crippen LogP contribution >= 0.6 is 15.9 Å². The van der Waals surface area contributed by atoms with Gasteiger partial charge in [-0.3, -0.25) is 0 Å². The average molecular weight is 582 g/mol. The normalized spacial score (nSPS) is 14.6. The minimum Gasteiger partial charge on any atom is -0.494 e. The number of aromatic nitrogens is 1. The number of ether oxygens (including phenoxy) is 1. The van der Waals surface area contributed by atoms with Crippen molar-refractivity contribution in [3.05, 3.63) is 88.9 Å². The van der Waals surface area contributed by atoms with Gasteiger partial charge in [0.05, 0.1) is 11.5 Å². The lowest BCUT2D eigenvalue weighted by Crippen LogP contribution is -2.34. The van der Waals surface area contributed by atoms with Gasteiger partial charge in [-0.2, -0.15) is 4.98 Å². The zero-order valence-electron chi connectivity index (χ0n) is 20.6. The predicted molar refractivity (Wildman–Crippen MR) is 148 cm³/mol. The molecule has 4 aromatic rings. The van der Waals surface area contributed by atoms with E-state index in [0.717, 1.165) is 29.5 Å². The lowest BCUT2D eigenvalue weighted by molar-refractivity contribution is 0.340. The summed E-state index contributed by atoms with van der Waals surface area (Å²) in [6.07, 6.45) is 2.92. The number of anilines is 1. The van der Waals surface area contributed by atoms with E-state index in [2.05, 4.69) is 45.2 Å². The second-order valence-electron chi connectivity index (χ2n) is 9.16. The summed E-state index contributed by atoms with van der Waals surface area (Å²) >= 11 is 3.38. The van der Waals surface area contributed by atoms with Crippen molar-refractivity contribution in [2.24, 2.45) is 5.92 Å². The minimum absolute atomic E-state index is 0.0415. The van der Waals surface area contributed by atoms with Crippen molar-refractivity contribution in [3.63, 3.8) is 0 Å². The summed E-state index contributed by atoms with van der Waals surface area (Å²) in [5.74, 6) is 1.87. The summed E-state index contributed by atoms with van der Waals surface area (Å²) in [6.45, 7) is 3.91. The molecule has 2 heterocycles. The van der Waals surface area contributed by atoms with E-state index in [-0.39, 0.29) is 15.8 Å². The zero-order valence-corrected chi connectivity index (χ0v) is 23.0. The Balaban J connectivity index is 1.45. The number of piperidine rings is 1. The fourth-order valence-corrected chi connectivity index (χ4v) is 6.26. The third-order valence-electron chi connectivity index (χ3n) is 6.64. The van der Waals surface area contributed by atoms with E-state index in [1.54, 1.807) is 24.3 Å². The first-order chi connectivity index (χ1) is 17.9. The fourth-order valence-electron chi connectivity index (χ4n) is 4.67. The van der Waals surface area contributed by atoms with Crippen molar-refractivity contribution in [2.75, 3.05) is 24.6 Å². The van der Waals surface area contributed by atoms with Crippen molar-refractivity contribution < 1.29 is 17.6 Å². The number of nitrogens with zero attached hydrogens (tertiary/aromatic N) is 2.